The van der Waals surface area contributed by atoms with Gasteiger partial charge in [-0.15, -0.1) is 0 Å². The van der Waals surface area contributed by atoms with Gasteiger partial charge in [0.25, 0.3) is 0 Å². The van der Waals surface area contributed by atoms with Crippen LogP contribution < -0.4 is 5.32 Å². The number of rotatable bonds is 2. The van der Waals surface area contributed by atoms with Gasteiger partial charge in [-0.1, -0.05) is 42.0 Å². The highest BCUT2D eigenvalue weighted by molar-refractivity contribution is 5.54. The molecule has 0 aliphatic carbocycles. The van der Waals surface area contributed by atoms with Crippen LogP contribution in [0.4, 0.5) is 10.1 Å². The van der Waals surface area contributed by atoms with Gasteiger partial charge < -0.3 is 5.32 Å². The van der Waals surface area contributed by atoms with Crippen LogP contribution in [0.25, 0.3) is 0 Å². The highest BCUT2D eigenvalue weighted by Crippen LogP contribution is 2.28. The average molecular weight is 255 g/mol. The number of aryl methyl sites for hydroxylation is 1. The molecule has 0 amide bonds. The van der Waals surface area contributed by atoms with Crippen molar-refractivity contribution in [1.82, 2.24) is 0 Å². The summed E-state index contributed by atoms with van der Waals surface area (Å²) in [7, 11) is 0. The fourth-order valence-electron chi connectivity index (χ4n) is 2.77. The zero-order valence-electron chi connectivity index (χ0n) is 11.1. The molecular weight excluding hydrogens is 237 g/mol. The summed E-state index contributed by atoms with van der Waals surface area (Å²) in [5.41, 5.74) is 4.45. The monoisotopic (exact) mass is 255 g/mol. The lowest BCUT2D eigenvalue weighted by Crippen LogP contribution is -2.25. The van der Waals surface area contributed by atoms with E-state index < -0.39 is 0 Å². The van der Waals surface area contributed by atoms with Crippen molar-refractivity contribution in [1.29, 1.82) is 0 Å². The molecule has 1 heterocycles. The molecule has 0 aromatic heterocycles. The summed E-state index contributed by atoms with van der Waals surface area (Å²) in [6, 6.07) is 14.0. The van der Waals surface area contributed by atoms with Crippen LogP contribution in [0.15, 0.2) is 42.5 Å². The molecule has 98 valence electrons. The first-order chi connectivity index (χ1) is 9.22. The maximum Gasteiger partial charge on any atom is 0.146 e. The number of anilines is 1. The van der Waals surface area contributed by atoms with Gasteiger partial charge in [-0.2, -0.15) is 0 Å². The van der Waals surface area contributed by atoms with E-state index in [1.54, 1.807) is 6.07 Å². The van der Waals surface area contributed by atoms with Crippen LogP contribution in [0, 0.1) is 18.7 Å². The Balaban J connectivity index is 1.74. The van der Waals surface area contributed by atoms with E-state index in [9.17, 15) is 4.39 Å². The summed E-state index contributed by atoms with van der Waals surface area (Å²) in [6.45, 7) is 2.95. The molecule has 0 fully saturated rings. The molecule has 1 nitrogen and oxygen atoms in total. The number of nitrogens with one attached hydrogen (secondary N) is 1. The number of fused-ring (bicyclic) bond motifs is 1. The fraction of sp³-hybridized carbons (Fsp3) is 0.294. The predicted octanol–water partition coefficient (Wildman–Crippen LogP) is 3.96. The van der Waals surface area contributed by atoms with Crippen molar-refractivity contribution in [3.05, 3.63) is 65.0 Å². The smallest absolute Gasteiger partial charge is 0.146 e. The van der Waals surface area contributed by atoms with E-state index in [2.05, 4.69) is 36.5 Å². The Hall–Kier alpha value is -1.83. The minimum Gasteiger partial charge on any atom is -0.382 e. The van der Waals surface area contributed by atoms with E-state index in [1.165, 1.54) is 17.2 Å². The predicted molar refractivity (Wildman–Crippen MR) is 77.0 cm³/mol. The fourth-order valence-corrected chi connectivity index (χ4v) is 2.77. The minimum absolute atomic E-state index is 0.133. The molecular formula is C17H18FN. The van der Waals surface area contributed by atoms with Crippen molar-refractivity contribution in [2.24, 2.45) is 5.92 Å². The van der Waals surface area contributed by atoms with E-state index in [0.29, 0.717) is 11.6 Å². The SMILES string of the molecule is Cc1ccc(CC2CNc3c(F)cccc3C2)cc1. The molecule has 3 rings (SSSR count). The molecule has 1 atom stereocenters. The van der Waals surface area contributed by atoms with Crippen molar-refractivity contribution in [3.63, 3.8) is 0 Å². The van der Waals surface area contributed by atoms with Crippen LogP contribution in [-0.2, 0) is 12.8 Å². The maximum absolute atomic E-state index is 13.6. The van der Waals surface area contributed by atoms with Gasteiger partial charge in [-0.05, 0) is 42.9 Å². The quantitative estimate of drug-likeness (QED) is 0.856. The van der Waals surface area contributed by atoms with E-state index in [0.717, 1.165) is 24.9 Å². The van der Waals surface area contributed by atoms with Crippen LogP contribution in [0.3, 0.4) is 0 Å². The average Bonchev–Trinajstić information content (AvgIpc) is 2.42. The molecule has 1 aliphatic heterocycles. The lowest BCUT2D eigenvalue weighted by Gasteiger charge is -2.26. The second-order valence-electron chi connectivity index (χ2n) is 5.41. The van der Waals surface area contributed by atoms with Crippen LogP contribution in [0.5, 0.6) is 0 Å². The Bertz CT molecular complexity index is 574. The van der Waals surface area contributed by atoms with E-state index in [4.69, 9.17) is 0 Å². The van der Waals surface area contributed by atoms with Crippen molar-refractivity contribution < 1.29 is 4.39 Å². The van der Waals surface area contributed by atoms with E-state index in [1.807, 2.05) is 6.07 Å². The van der Waals surface area contributed by atoms with Crippen molar-refractivity contribution in [2.75, 3.05) is 11.9 Å². The van der Waals surface area contributed by atoms with Crippen molar-refractivity contribution in [3.8, 4) is 0 Å². The first-order valence-corrected chi connectivity index (χ1v) is 6.79. The third-order valence-corrected chi connectivity index (χ3v) is 3.82. The van der Waals surface area contributed by atoms with E-state index in [-0.39, 0.29) is 5.82 Å². The Kier molecular flexibility index (Phi) is 3.24. The molecule has 2 heteroatoms. The lowest BCUT2D eigenvalue weighted by molar-refractivity contribution is 0.525. The highest BCUT2D eigenvalue weighted by Gasteiger charge is 2.20. The standard InChI is InChI=1S/C17H18FN/c1-12-5-7-13(8-6-12)9-14-10-15-3-2-4-16(18)17(15)19-11-14/h2-8,14,19H,9-11H2,1H3. The Morgan fingerprint density at radius 2 is 1.95 bits per heavy atom. The van der Waals surface area contributed by atoms with Crippen LogP contribution in [-0.4, -0.2) is 6.54 Å². The molecule has 1 aliphatic rings. The third kappa shape index (κ3) is 2.62. The number of hydrogen-bond acceptors (Lipinski definition) is 1. The highest BCUT2D eigenvalue weighted by atomic mass is 19.1. The van der Waals surface area contributed by atoms with Gasteiger partial charge in [0.05, 0.1) is 5.69 Å². The molecule has 0 radical (unpaired) electrons. The molecule has 0 bridgehead atoms. The lowest BCUT2D eigenvalue weighted by atomic mass is 9.88. The van der Waals surface area contributed by atoms with Gasteiger partial charge in [0.15, 0.2) is 0 Å². The second-order valence-corrected chi connectivity index (χ2v) is 5.41. The normalized spacial score (nSPS) is 17.7. The summed E-state index contributed by atoms with van der Waals surface area (Å²) < 4.78 is 13.6. The number of hydrogen-bond donors (Lipinski definition) is 1. The van der Waals surface area contributed by atoms with E-state index >= 15 is 0 Å². The topological polar surface area (TPSA) is 12.0 Å². The summed E-state index contributed by atoms with van der Waals surface area (Å²) in [5.74, 6) is 0.406. The Morgan fingerprint density at radius 3 is 2.74 bits per heavy atom. The summed E-state index contributed by atoms with van der Waals surface area (Å²) >= 11 is 0. The zero-order valence-corrected chi connectivity index (χ0v) is 11.1. The summed E-state index contributed by atoms with van der Waals surface area (Å²) in [4.78, 5) is 0. The van der Waals surface area contributed by atoms with Crippen LogP contribution in [0.1, 0.15) is 16.7 Å². The second kappa shape index (κ2) is 5.04. The molecule has 1 unspecified atom stereocenters. The molecule has 0 spiro atoms. The first kappa shape index (κ1) is 12.2. The number of benzene rings is 2. The number of halogens is 1. The molecule has 2 aromatic carbocycles. The maximum atomic E-state index is 13.6. The van der Waals surface area contributed by atoms with Crippen molar-refractivity contribution >= 4 is 5.69 Å². The van der Waals surface area contributed by atoms with Gasteiger partial charge in [0.2, 0.25) is 0 Å². The van der Waals surface area contributed by atoms with Crippen molar-refractivity contribution in [2.45, 2.75) is 19.8 Å². The van der Waals surface area contributed by atoms with Crippen LogP contribution >= 0.6 is 0 Å². The Labute approximate surface area is 113 Å². The zero-order chi connectivity index (χ0) is 13.2. The largest absolute Gasteiger partial charge is 0.382 e. The van der Waals surface area contributed by atoms with Gasteiger partial charge in [0, 0.05) is 6.54 Å². The Morgan fingerprint density at radius 1 is 1.16 bits per heavy atom. The molecule has 2 aromatic rings. The van der Waals surface area contributed by atoms with Crippen LogP contribution in [0.2, 0.25) is 0 Å². The first-order valence-electron chi connectivity index (χ1n) is 6.79. The van der Waals surface area contributed by atoms with Gasteiger partial charge >= 0.3 is 0 Å². The van der Waals surface area contributed by atoms with Gasteiger partial charge in [-0.3, -0.25) is 0 Å². The molecule has 0 saturated heterocycles. The molecule has 19 heavy (non-hydrogen) atoms. The third-order valence-electron chi connectivity index (χ3n) is 3.82. The minimum atomic E-state index is -0.133. The number of para-hydroxylation sites is 1. The summed E-state index contributed by atoms with van der Waals surface area (Å²) in [5, 5.41) is 3.24. The molecule has 1 N–H and O–H groups in total. The molecule has 0 saturated carbocycles. The van der Waals surface area contributed by atoms with Gasteiger partial charge in [0.1, 0.15) is 5.82 Å². The summed E-state index contributed by atoms with van der Waals surface area (Å²) in [6.07, 6.45) is 2.00. The van der Waals surface area contributed by atoms with Gasteiger partial charge in [-0.25, -0.2) is 4.39 Å².